The van der Waals surface area contributed by atoms with Crippen LogP contribution in [0, 0.1) is 5.41 Å². The Morgan fingerprint density at radius 1 is 1.26 bits per heavy atom. The van der Waals surface area contributed by atoms with Crippen molar-refractivity contribution in [2.45, 2.75) is 39.2 Å². The molecule has 2 saturated heterocycles. The summed E-state index contributed by atoms with van der Waals surface area (Å²) in [7, 11) is 0. The SMILES string of the molecule is CC(C)c1ccc(CN2CCC3(CC2)COC3)cn1. The van der Waals surface area contributed by atoms with E-state index in [-0.39, 0.29) is 0 Å². The molecule has 0 aliphatic carbocycles. The molecule has 0 radical (unpaired) electrons. The number of aromatic nitrogens is 1. The van der Waals surface area contributed by atoms with E-state index in [9.17, 15) is 0 Å². The van der Waals surface area contributed by atoms with Gasteiger partial charge in [-0.05, 0) is 43.5 Å². The number of ether oxygens (including phenoxy) is 1. The first-order chi connectivity index (χ1) is 9.17. The van der Waals surface area contributed by atoms with E-state index in [2.05, 4.69) is 35.9 Å². The molecule has 3 heterocycles. The Kier molecular flexibility index (Phi) is 3.59. The maximum absolute atomic E-state index is 5.38. The van der Waals surface area contributed by atoms with Crippen LogP contribution in [-0.4, -0.2) is 36.2 Å². The minimum atomic E-state index is 0.516. The first-order valence-corrected chi connectivity index (χ1v) is 7.42. The molecule has 2 fully saturated rings. The van der Waals surface area contributed by atoms with Crippen LogP contribution in [-0.2, 0) is 11.3 Å². The Morgan fingerprint density at radius 3 is 2.47 bits per heavy atom. The molecule has 3 heteroatoms. The van der Waals surface area contributed by atoms with Gasteiger partial charge in [-0.2, -0.15) is 0 Å². The van der Waals surface area contributed by atoms with Gasteiger partial charge < -0.3 is 4.74 Å². The molecule has 1 aromatic rings. The number of piperidine rings is 1. The van der Waals surface area contributed by atoms with Crippen molar-refractivity contribution >= 4 is 0 Å². The molecular weight excluding hydrogens is 236 g/mol. The first-order valence-electron chi connectivity index (χ1n) is 7.42. The molecule has 0 aromatic carbocycles. The average Bonchev–Trinajstić information content (AvgIpc) is 2.38. The molecule has 0 N–H and O–H groups in total. The van der Waals surface area contributed by atoms with Crippen LogP contribution in [0.5, 0.6) is 0 Å². The molecule has 1 aromatic heterocycles. The van der Waals surface area contributed by atoms with Crippen molar-refractivity contribution in [1.82, 2.24) is 9.88 Å². The van der Waals surface area contributed by atoms with Gasteiger partial charge in [0, 0.05) is 23.9 Å². The van der Waals surface area contributed by atoms with Gasteiger partial charge in [0.2, 0.25) is 0 Å². The summed E-state index contributed by atoms with van der Waals surface area (Å²) in [6.45, 7) is 9.81. The highest BCUT2D eigenvalue weighted by atomic mass is 16.5. The molecule has 2 aliphatic heterocycles. The van der Waals surface area contributed by atoms with Gasteiger partial charge in [0.25, 0.3) is 0 Å². The summed E-state index contributed by atoms with van der Waals surface area (Å²) >= 11 is 0. The third kappa shape index (κ3) is 2.82. The van der Waals surface area contributed by atoms with E-state index in [1.807, 2.05) is 6.20 Å². The average molecular weight is 260 g/mol. The van der Waals surface area contributed by atoms with Crippen LogP contribution in [0.25, 0.3) is 0 Å². The van der Waals surface area contributed by atoms with Gasteiger partial charge in [-0.25, -0.2) is 0 Å². The van der Waals surface area contributed by atoms with E-state index in [1.54, 1.807) is 0 Å². The lowest BCUT2D eigenvalue weighted by molar-refractivity contribution is -0.140. The number of hydrogen-bond donors (Lipinski definition) is 0. The quantitative estimate of drug-likeness (QED) is 0.835. The van der Waals surface area contributed by atoms with Crippen molar-refractivity contribution in [2.24, 2.45) is 5.41 Å². The van der Waals surface area contributed by atoms with Crippen molar-refractivity contribution in [3.8, 4) is 0 Å². The van der Waals surface area contributed by atoms with Crippen molar-refractivity contribution in [3.63, 3.8) is 0 Å². The molecule has 0 bridgehead atoms. The van der Waals surface area contributed by atoms with Crippen LogP contribution in [0.3, 0.4) is 0 Å². The van der Waals surface area contributed by atoms with Gasteiger partial charge in [0.1, 0.15) is 0 Å². The van der Waals surface area contributed by atoms with Crippen LogP contribution in [0.4, 0.5) is 0 Å². The molecule has 2 aliphatic rings. The lowest BCUT2D eigenvalue weighted by Crippen LogP contribution is -2.50. The molecule has 3 nitrogen and oxygen atoms in total. The molecule has 19 heavy (non-hydrogen) atoms. The zero-order chi connectivity index (χ0) is 13.3. The lowest BCUT2D eigenvalue weighted by atomic mass is 9.77. The summed E-state index contributed by atoms with van der Waals surface area (Å²) in [5.74, 6) is 0.516. The van der Waals surface area contributed by atoms with Crippen molar-refractivity contribution < 1.29 is 4.74 Å². The summed E-state index contributed by atoms with van der Waals surface area (Å²) in [5.41, 5.74) is 3.06. The number of rotatable bonds is 3. The van der Waals surface area contributed by atoms with Gasteiger partial charge in [-0.1, -0.05) is 19.9 Å². The first kappa shape index (κ1) is 13.1. The van der Waals surface area contributed by atoms with E-state index in [0.29, 0.717) is 11.3 Å². The van der Waals surface area contributed by atoms with Crippen molar-refractivity contribution in [2.75, 3.05) is 26.3 Å². The monoisotopic (exact) mass is 260 g/mol. The number of nitrogens with zero attached hydrogens (tertiary/aromatic N) is 2. The largest absolute Gasteiger partial charge is 0.380 e. The second-order valence-electron chi connectivity index (χ2n) is 6.51. The maximum Gasteiger partial charge on any atom is 0.0545 e. The van der Waals surface area contributed by atoms with E-state index < -0.39 is 0 Å². The smallest absolute Gasteiger partial charge is 0.0545 e. The molecule has 0 unspecified atom stereocenters. The van der Waals surface area contributed by atoms with Crippen LogP contribution in [0.15, 0.2) is 18.3 Å². The molecule has 0 saturated carbocycles. The zero-order valence-electron chi connectivity index (χ0n) is 12.1. The topological polar surface area (TPSA) is 25.4 Å². The van der Waals surface area contributed by atoms with Gasteiger partial charge in [-0.15, -0.1) is 0 Å². The zero-order valence-corrected chi connectivity index (χ0v) is 12.1. The van der Waals surface area contributed by atoms with E-state index in [0.717, 1.165) is 19.8 Å². The highest BCUT2D eigenvalue weighted by Crippen LogP contribution is 2.38. The number of hydrogen-bond acceptors (Lipinski definition) is 3. The molecule has 3 rings (SSSR count). The Bertz CT molecular complexity index is 413. The third-order valence-corrected chi connectivity index (χ3v) is 4.58. The van der Waals surface area contributed by atoms with Crippen molar-refractivity contribution in [1.29, 1.82) is 0 Å². The molecule has 0 amide bonds. The van der Waals surface area contributed by atoms with Crippen LogP contribution in [0.1, 0.15) is 43.9 Å². The predicted octanol–water partition coefficient (Wildman–Crippen LogP) is 2.82. The highest BCUT2D eigenvalue weighted by molar-refractivity contribution is 5.16. The fourth-order valence-corrected chi connectivity index (χ4v) is 2.99. The lowest BCUT2D eigenvalue weighted by Gasteiger charge is -2.47. The van der Waals surface area contributed by atoms with Crippen LogP contribution >= 0.6 is 0 Å². The number of likely N-dealkylation sites (tertiary alicyclic amines) is 1. The highest BCUT2D eigenvalue weighted by Gasteiger charge is 2.40. The van der Waals surface area contributed by atoms with Gasteiger partial charge in [-0.3, -0.25) is 9.88 Å². The predicted molar refractivity (Wildman–Crippen MR) is 76.1 cm³/mol. The summed E-state index contributed by atoms with van der Waals surface area (Å²) in [6.07, 6.45) is 4.64. The molecule has 1 spiro atoms. The summed E-state index contributed by atoms with van der Waals surface area (Å²) in [4.78, 5) is 7.10. The van der Waals surface area contributed by atoms with E-state index in [4.69, 9.17) is 4.74 Å². The molecular formula is C16H24N2O. The van der Waals surface area contributed by atoms with E-state index in [1.165, 1.54) is 37.2 Å². The summed E-state index contributed by atoms with van der Waals surface area (Å²) in [5, 5.41) is 0. The Morgan fingerprint density at radius 2 is 2.00 bits per heavy atom. The summed E-state index contributed by atoms with van der Waals surface area (Å²) in [6, 6.07) is 4.41. The fourth-order valence-electron chi connectivity index (χ4n) is 2.99. The Labute approximate surface area is 116 Å². The molecule has 104 valence electrons. The van der Waals surface area contributed by atoms with Gasteiger partial charge in [0.05, 0.1) is 13.2 Å². The maximum atomic E-state index is 5.38. The van der Waals surface area contributed by atoms with Crippen molar-refractivity contribution in [3.05, 3.63) is 29.6 Å². The second kappa shape index (κ2) is 5.22. The standard InChI is InChI=1S/C16H24N2O/c1-13(2)15-4-3-14(9-17-15)10-18-7-5-16(6-8-18)11-19-12-16/h3-4,9,13H,5-8,10-12H2,1-2H3. The molecule has 0 atom stereocenters. The summed E-state index contributed by atoms with van der Waals surface area (Å²) < 4.78 is 5.38. The minimum absolute atomic E-state index is 0.516. The fraction of sp³-hybridized carbons (Fsp3) is 0.688. The van der Waals surface area contributed by atoms with Gasteiger partial charge >= 0.3 is 0 Å². The normalized spacial score (nSPS) is 22.7. The Hall–Kier alpha value is -0.930. The van der Waals surface area contributed by atoms with Crippen LogP contribution in [0.2, 0.25) is 0 Å². The van der Waals surface area contributed by atoms with Gasteiger partial charge in [0.15, 0.2) is 0 Å². The van der Waals surface area contributed by atoms with Crippen LogP contribution < -0.4 is 0 Å². The number of pyridine rings is 1. The Balaban J connectivity index is 1.54. The third-order valence-electron chi connectivity index (χ3n) is 4.58. The van der Waals surface area contributed by atoms with E-state index >= 15 is 0 Å². The second-order valence-corrected chi connectivity index (χ2v) is 6.51. The minimum Gasteiger partial charge on any atom is -0.380 e.